The van der Waals surface area contributed by atoms with Gasteiger partial charge in [0.25, 0.3) is 0 Å². The molecule has 3 heterocycles. The zero-order valence-corrected chi connectivity index (χ0v) is 12.4. The van der Waals surface area contributed by atoms with Gasteiger partial charge >= 0.3 is 0 Å². The highest BCUT2D eigenvalue weighted by Crippen LogP contribution is 2.24. The number of imidazole rings is 1. The number of aliphatic hydroxyl groups is 1. The summed E-state index contributed by atoms with van der Waals surface area (Å²) in [4.78, 5) is 9.50. The van der Waals surface area contributed by atoms with Crippen LogP contribution in [0.5, 0.6) is 0 Å². The van der Waals surface area contributed by atoms with Crippen LogP contribution in [0.2, 0.25) is 0 Å². The molecule has 4 nitrogen and oxygen atoms in total. The molecular weight excluding hydrogens is 258 g/mol. The molecule has 1 N–H and O–H groups in total. The first-order valence-corrected chi connectivity index (χ1v) is 7.76. The van der Waals surface area contributed by atoms with Crippen molar-refractivity contribution in [2.75, 3.05) is 19.7 Å². The lowest BCUT2D eigenvalue weighted by molar-refractivity contribution is 0.114. The quantitative estimate of drug-likeness (QED) is 0.936. The van der Waals surface area contributed by atoms with E-state index in [4.69, 9.17) is 0 Å². The third-order valence-electron chi connectivity index (χ3n) is 3.98. The summed E-state index contributed by atoms with van der Waals surface area (Å²) in [7, 11) is 0. The van der Waals surface area contributed by atoms with Crippen molar-refractivity contribution in [2.24, 2.45) is 5.92 Å². The number of likely N-dealkylation sites (tertiary alicyclic amines) is 1. The van der Waals surface area contributed by atoms with Crippen LogP contribution in [-0.4, -0.2) is 39.1 Å². The smallest absolute Gasteiger partial charge is 0.194 e. The molecular formula is C14H21N3OS. The van der Waals surface area contributed by atoms with Gasteiger partial charge in [0.2, 0.25) is 0 Å². The number of hydrogen-bond donors (Lipinski definition) is 1. The number of aromatic nitrogens is 2. The molecule has 0 spiro atoms. The number of fused-ring (bicyclic) bond motifs is 1. The van der Waals surface area contributed by atoms with E-state index in [1.54, 1.807) is 11.3 Å². The van der Waals surface area contributed by atoms with Gasteiger partial charge in [0, 0.05) is 30.8 Å². The Balaban J connectivity index is 1.82. The second kappa shape index (κ2) is 5.23. The van der Waals surface area contributed by atoms with Crippen LogP contribution in [0.25, 0.3) is 4.96 Å². The van der Waals surface area contributed by atoms with Crippen LogP contribution in [0, 0.1) is 19.8 Å². The Bertz CT molecular complexity index is 575. The zero-order chi connectivity index (χ0) is 13.4. The normalized spacial score (nSPS) is 21.3. The minimum absolute atomic E-state index is 0.314. The van der Waals surface area contributed by atoms with Crippen molar-refractivity contribution in [3.8, 4) is 0 Å². The van der Waals surface area contributed by atoms with Gasteiger partial charge in [-0.1, -0.05) is 0 Å². The molecule has 1 aliphatic rings. The molecule has 0 aliphatic carbocycles. The molecule has 0 aromatic carbocycles. The number of hydrogen-bond acceptors (Lipinski definition) is 4. The molecule has 3 rings (SSSR count). The van der Waals surface area contributed by atoms with Crippen LogP contribution in [0.1, 0.15) is 29.1 Å². The van der Waals surface area contributed by atoms with E-state index in [1.165, 1.54) is 17.0 Å². The number of aliphatic hydroxyl groups excluding tert-OH is 1. The molecule has 1 unspecified atom stereocenters. The van der Waals surface area contributed by atoms with Crippen LogP contribution in [0.4, 0.5) is 0 Å². The molecule has 0 saturated carbocycles. The second-order valence-corrected chi connectivity index (χ2v) is 6.78. The summed E-state index contributed by atoms with van der Waals surface area (Å²) in [6.07, 6.45) is 4.53. The second-order valence-electron chi connectivity index (χ2n) is 5.56. The molecule has 1 aliphatic heterocycles. The van der Waals surface area contributed by atoms with Gasteiger partial charge in [-0.15, -0.1) is 11.3 Å². The summed E-state index contributed by atoms with van der Waals surface area (Å²) in [5, 5.41) is 9.32. The lowest BCUT2D eigenvalue weighted by atomic mass is 9.99. The Hall–Kier alpha value is -0.910. The fourth-order valence-electron chi connectivity index (χ4n) is 2.96. The van der Waals surface area contributed by atoms with Crippen LogP contribution in [0.3, 0.4) is 0 Å². The molecule has 104 valence electrons. The van der Waals surface area contributed by atoms with Crippen molar-refractivity contribution in [3.05, 3.63) is 22.5 Å². The molecule has 0 amide bonds. The third-order valence-corrected chi connectivity index (χ3v) is 4.87. The molecule has 2 aromatic heterocycles. The molecule has 5 heteroatoms. The van der Waals surface area contributed by atoms with Gasteiger partial charge < -0.3 is 5.11 Å². The lowest BCUT2D eigenvalue weighted by Gasteiger charge is -2.31. The molecule has 0 radical (unpaired) electrons. The Labute approximate surface area is 117 Å². The van der Waals surface area contributed by atoms with E-state index in [0.29, 0.717) is 12.5 Å². The maximum atomic E-state index is 9.32. The monoisotopic (exact) mass is 279 g/mol. The number of rotatable bonds is 3. The highest BCUT2D eigenvalue weighted by Gasteiger charge is 2.21. The van der Waals surface area contributed by atoms with E-state index in [-0.39, 0.29) is 0 Å². The first kappa shape index (κ1) is 13.1. The predicted octanol–water partition coefficient (Wildman–Crippen LogP) is 2.22. The highest BCUT2D eigenvalue weighted by molar-refractivity contribution is 7.17. The molecule has 2 aromatic rings. The average molecular weight is 279 g/mol. The van der Waals surface area contributed by atoms with E-state index in [9.17, 15) is 5.11 Å². The summed E-state index contributed by atoms with van der Waals surface area (Å²) >= 11 is 1.75. The summed E-state index contributed by atoms with van der Waals surface area (Å²) in [6, 6.07) is 0. The van der Waals surface area contributed by atoms with Crippen molar-refractivity contribution in [3.63, 3.8) is 0 Å². The molecule has 1 saturated heterocycles. The summed E-state index contributed by atoms with van der Waals surface area (Å²) in [6.45, 7) is 7.62. The van der Waals surface area contributed by atoms with E-state index in [0.717, 1.165) is 36.7 Å². The number of piperidine rings is 1. The fourth-order valence-corrected chi connectivity index (χ4v) is 3.85. The van der Waals surface area contributed by atoms with E-state index in [2.05, 4.69) is 34.3 Å². The van der Waals surface area contributed by atoms with Crippen molar-refractivity contribution >= 4 is 16.3 Å². The minimum atomic E-state index is 0.314. The summed E-state index contributed by atoms with van der Waals surface area (Å²) < 4.78 is 2.23. The third kappa shape index (κ3) is 2.55. The highest BCUT2D eigenvalue weighted by atomic mass is 32.1. The van der Waals surface area contributed by atoms with Crippen LogP contribution < -0.4 is 0 Å². The van der Waals surface area contributed by atoms with Crippen molar-refractivity contribution in [1.82, 2.24) is 14.3 Å². The van der Waals surface area contributed by atoms with E-state index >= 15 is 0 Å². The van der Waals surface area contributed by atoms with Gasteiger partial charge in [0.05, 0.1) is 11.4 Å². The van der Waals surface area contributed by atoms with Gasteiger partial charge in [-0.3, -0.25) is 9.30 Å². The zero-order valence-electron chi connectivity index (χ0n) is 11.6. The Morgan fingerprint density at radius 1 is 1.47 bits per heavy atom. The molecule has 1 fully saturated rings. The van der Waals surface area contributed by atoms with Crippen molar-refractivity contribution in [1.29, 1.82) is 0 Å². The largest absolute Gasteiger partial charge is 0.396 e. The van der Waals surface area contributed by atoms with Gasteiger partial charge in [-0.05, 0) is 39.2 Å². The predicted molar refractivity (Wildman–Crippen MR) is 77.6 cm³/mol. The van der Waals surface area contributed by atoms with Crippen molar-refractivity contribution in [2.45, 2.75) is 33.2 Å². The first-order valence-electron chi connectivity index (χ1n) is 6.94. The first-order chi connectivity index (χ1) is 9.17. The standard InChI is InChI=1S/C14H21N3OS/c1-10-6-17-13(11(2)15-14(17)19-10)8-16-5-3-4-12(7-16)9-18/h6,12,18H,3-5,7-9H2,1-2H3. The fraction of sp³-hybridized carbons (Fsp3) is 0.643. The maximum absolute atomic E-state index is 9.32. The maximum Gasteiger partial charge on any atom is 0.194 e. The average Bonchev–Trinajstić information content (AvgIpc) is 2.88. The Kier molecular flexibility index (Phi) is 3.60. The van der Waals surface area contributed by atoms with Crippen LogP contribution in [-0.2, 0) is 6.54 Å². The SMILES string of the molecule is Cc1cn2c(CN3CCCC(CO)C3)c(C)nc2s1. The Morgan fingerprint density at radius 2 is 2.32 bits per heavy atom. The minimum Gasteiger partial charge on any atom is -0.396 e. The topological polar surface area (TPSA) is 40.8 Å². The molecule has 1 atom stereocenters. The number of nitrogens with zero attached hydrogens (tertiary/aromatic N) is 3. The Morgan fingerprint density at radius 3 is 3.11 bits per heavy atom. The molecule has 19 heavy (non-hydrogen) atoms. The van der Waals surface area contributed by atoms with E-state index in [1.807, 2.05) is 0 Å². The van der Waals surface area contributed by atoms with Gasteiger partial charge in [0.1, 0.15) is 0 Å². The van der Waals surface area contributed by atoms with Crippen LogP contribution in [0.15, 0.2) is 6.20 Å². The molecule has 0 bridgehead atoms. The van der Waals surface area contributed by atoms with Gasteiger partial charge in [0.15, 0.2) is 4.96 Å². The van der Waals surface area contributed by atoms with E-state index < -0.39 is 0 Å². The summed E-state index contributed by atoms with van der Waals surface area (Å²) in [5.41, 5.74) is 2.44. The van der Waals surface area contributed by atoms with Gasteiger partial charge in [-0.2, -0.15) is 0 Å². The number of aryl methyl sites for hydroxylation is 2. The van der Waals surface area contributed by atoms with Crippen molar-refractivity contribution < 1.29 is 5.11 Å². The number of thiazole rings is 1. The van der Waals surface area contributed by atoms with Gasteiger partial charge in [-0.25, -0.2) is 4.98 Å². The summed E-state index contributed by atoms with van der Waals surface area (Å²) in [5.74, 6) is 0.446. The lowest BCUT2D eigenvalue weighted by Crippen LogP contribution is -2.36. The van der Waals surface area contributed by atoms with Crippen LogP contribution >= 0.6 is 11.3 Å².